The van der Waals surface area contributed by atoms with E-state index in [9.17, 15) is 4.39 Å². The minimum Gasteiger partial charge on any atom is -0.383 e. The van der Waals surface area contributed by atoms with Crippen molar-refractivity contribution >= 4 is 27.4 Å². The smallest absolute Gasteiger partial charge is 0.139 e. The number of nitrogen functional groups attached to an aromatic ring is 1. The van der Waals surface area contributed by atoms with Crippen LogP contribution in [0, 0.1) is 12.7 Å². The van der Waals surface area contributed by atoms with Gasteiger partial charge in [0, 0.05) is 11.8 Å². The fourth-order valence-corrected chi connectivity index (χ4v) is 2.27. The van der Waals surface area contributed by atoms with Crippen LogP contribution in [0.25, 0.3) is 16.9 Å². The second kappa shape index (κ2) is 4.35. The van der Waals surface area contributed by atoms with Gasteiger partial charge in [-0.05, 0) is 46.6 Å². The number of aryl methyl sites for hydroxylation is 1. The first-order valence-electron chi connectivity index (χ1n) is 5.76. The zero-order chi connectivity index (χ0) is 13.6. The van der Waals surface area contributed by atoms with Gasteiger partial charge in [0.2, 0.25) is 0 Å². The highest BCUT2D eigenvalue weighted by molar-refractivity contribution is 9.10. The molecule has 3 nitrogen and oxygen atoms in total. The largest absolute Gasteiger partial charge is 0.383 e. The van der Waals surface area contributed by atoms with Crippen LogP contribution >= 0.6 is 15.9 Å². The van der Waals surface area contributed by atoms with Gasteiger partial charge in [-0.2, -0.15) is 0 Å². The SMILES string of the molecule is Cc1ccc2nc(-c3ccc(Br)c(F)c3)c(N)n2c1. The molecule has 2 heterocycles. The van der Waals surface area contributed by atoms with Gasteiger partial charge < -0.3 is 5.73 Å². The first kappa shape index (κ1) is 12.2. The molecule has 2 N–H and O–H groups in total. The maximum absolute atomic E-state index is 13.6. The Morgan fingerprint density at radius 3 is 2.79 bits per heavy atom. The topological polar surface area (TPSA) is 43.3 Å². The molecule has 0 saturated carbocycles. The number of halogens is 2. The lowest BCUT2D eigenvalue weighted by Gasteiger charge is -2.01. The maximum atomic E-state index is 13.6. The molecule has 0 fully saturated rings. The van der Waals surface area contributed by atoms with Gasteiger partial charge >= 0.3 is 0 Å². The number of hydrogen-bond donors (Lipinski definition) is 1. The van der Waals surface area contributed by atoms with E-state index in [-0.39, 0.29) is 5.82 Å². The number of hydrogen-bond acceptors (Lipinski definition) is 2. The highest BCUT2D eigenvalue weighted by atomic mass is 79.9. The third-order valence-electron chi connectivity index (χ3n) is 3.00. The van der Waals surface area contributed by atoms with Crippen LogP contribution < -0.4 is 5.73 Å². The molecule has 0 atom stereocenters. The fraction of sp³-hybridized carbons (Fsp3) is 0.0714. The van der Waals surface area contributed by atoms with E-state index in [0.717, 1.165) is 11.2 Å². The van der Waals surface area contributed by atoms with Gasteiger partial charge in [0.25, 0.3) is 0 Å². The Kier molecular flexibility index (Phi) is 2.78. The van der Waals surface area contributed by atoms with Gasteiger partial charge in [0.1, 0.15) is 23.0 Å². The van der Waals surface area contributed by atoms with Crippen molar-refractivity contribution in [2.45, 2.75) is 6.92 Å². The molecule has 0 aliphatic rings. The molecule has 0 saturated heterocycles. The monoisotopic (exact) mass is 319 g/mol. The highest BCUT2D eigenvalue weighted by Gasteiger charge is 2.12. The third-order valence-corrected chi connectivity index (χ3v) is 3.64. The molecule has 3 rings (SSSR count). The maximum Gasteiger partial charge on any atom is 0.139 e. The van der Waals surface area contributed by atoms with E-state index < -0.39 is 0 Å². The van der Waals surface area contributed by atoms with Gasteiger partial charge in [-0.3, -0.25) is 4.40 Å². The number of fused-ring (bicyclic) bond motifs is 1. The Bertz CT molecular complexity index is 780. The predicted molar refractivity (Wildman–Crippen MR) is 77.4 cm³/mol. The zero-order valence-corrected chi connectivity index (χ0v) is 11.8. The van der Waals surface area contributed by atoms with Crippen LogP contribution in [0.2, 0.25) is 0 Å². The number of nitrogens with zero attached hydrogens (tertiary/aromatic N) is 2. The summed E-state index contributed by atoms with van der Waals surface area (Å²) in [6.45, 7) is 1.98. The number of aromatic nitrogens is 2. The first-order chi connectivity index (χ1) is 9.06. The molecule has 0 aliphatic heterocycles. The molecule has 0 amide bonds. The summed E-state index contributed by atoms with van der Waals surface area (Å²) in [5, 5.41) is 0. The van der Waals surface area contributed by atoms with E-state index in [1.54, 1.807) is 12.1 Å². The average Bonchev–Trinajstić information content (AvgIpc) is 2.70. The van der Waals surface area contributed by atoms with Crippen LogP contribution in [0.4, 0.5) is 10.2 Å². The second-order valence-electron chi connectivity index (χ2n) is 4.41. The number of imidazole rings is 1. The van der Waals surface area contributed by atoms with Crippen molar-refractivity contribution in [3.05, 3.63) is 52.4 Å². The molecular formula is C14H11BrFN3. The first-order valence-corrected chi connectivity index (χ1v) is 6.55. The Morgan fingerprint density at radius 2 is 2.05 bits per heavy atom. The summed E-state index contributed by atoms with van der Waals surface area (Å²) in [5.41, 5.74) is 9.19. The Balaban J connectivity index is 2.24. The van der Waals surface area contributed by atoms with Gasteiger partial charge in [-0.1, -0.05) is 12.1 Å². The number of nitrogens with two attached hydrogens (primary N) is 1. The lowest BCUT2D eigenvalue weighted by Crippen LogP contribution is -1.94. The van der Waals surface area contributed by atoms with Gasteiger partial charge in [-0.15, -0.1) is 0 Å². The molecule has 0 bridgehead atoms. The van der Waals surface area contributed by atoms with Crippen LogP contribution in [0.3, 0.4) is 0 Å². The van der Waals surface area contributed by atoms with E-state index in [2.05, 4.69) is 20.9 Å². The average molecular weight is 320 g/mol. The van der Waals surface area contributed by atoms with Crippen molar-refractivity contribution in [2.24, 2.45) is 0 Å². The zero-order valence-electron chi connectivity index (χ0n) is 10.2. The van der Waals surface area contributed by atoms with Crippen LogP contribution in [0.1, 0.15) is 5.56 Å². The normalized spacial score (nSPS) is 11.1. The van der Waals surface area contributed by atoms with Crippen molar-refractivity contribution in [1.29, 1.82) is 0 Å². The minimum absolute atomic E-state index is 0.329. The number of benzene rings is 1. The molecule has 19 heavy (non-hydrogen) atoms. The summed E-state index contributed by atoms with van der Waals surface area (Å²) < 4.78 is 15.8. The van der Waals surface area contributed by atoms with Gasteiger partial charge in [-0.25, -0.2) is 9.37 Å². The molecule has 1 aromatic carbocycles. The molecule has 0 radical (unpaired) electrons. The van der Waals surface area contributed by atoms with Crippen molar-refractivity contribution in [3.8, 4) is 11.3 Å². The molecule has 0 unspecified atom stereocenters. The Hall–Kier alpha value is -1.88. The van der Waals surface area contributed by atoms with E-state index >= 15 is 0 Å². The van der Waals surface area contributed by atoms with Crippen molar-refractivity contribution in [1.82, 2.24) is 9.38 Å². The van der Waals surface area contributed by atoms with Gasteiger partial charge in [0.15, 0.2) is 0 Å². The quantitative estimate of drug-likeness (QED) is 0.741. The summed E-state index contributed by atoms with van der Waals surface area (Å²) >= 11 is 3.13. The van der Waals surface area contributed by atoms with Crippen LogP contribution in [-0.2, 0) is 0 Å². The molecule has 0 spiro atoms. The summed E-state index contributed by atoms with van der Waals surface area (Å²) in [6.07, 6.45) is 1.91. The molecule has 5 heteroatoms. The summed E-state index contributed by atoms with van der Waals surface area (Å²) in [7, 11) is 0. The molecule has 3 aromatic rings. The molecule has 2 aromatic heterocycles. The lowest BCUT2D eigenvalue weighted by molar-refractivity contribution is 0.621. The van der Waals surface area contributed by atoms with Crippen LogP contribution in [-0.4, -0.2) is 9.38 Å². The fourth-order valence-electron chi connectivity index (χ4n) is 2.02. The third kappa shape index (κ3) is 2.00. The van der Waals surface area contributed by atoms with E-state index in [1.165, 1.54) is 6.07 Å². The number of pyridine rings is 1. The second-order valence-corrected chi connectivity index (χ2v) is 5.26. The minimum atomic E-state index is -0.329. The van der Waals surface area contributed by atoms with Crippen LogP contribution in [0.5, 0.6) is 0 Å². The van der Waals surface area contributed by atoms with Crippen LogP contribution in [0.15, 0.2) is 41.0 Å². The number of anilines is 1. The molecule has 96 valence electrons. The van der Waals surface area contributed by atoms with Crippen molar-refractivity contribution < 1.29 is 4.39 Å². The predicted octanol–water partition coefficient (Wildman–Crippen LogP) is 3.79. The Morgan fingerprint density at radius 1 is 1.26 bits per heavy atom. The Labute approximate surface area is 118 Å². The lowest BCUT2D eigenvalue weighted by atomic mass is 10.1. The summed E-state index contributed by atoms with van der Waals surface area (Å²) in [5.74, 6) is 0.186. The van der Waals surface area contributed by atoms with E-state index in [4.69, 9.17) is 5.73 Å². The van der Waals surface area contributed by atoms with Crippen molar-refractivity contribution in [2.75, 3.05) is 5.73 Å². The van der Waals surface area contributed by atoms with E-state index in [1.807, 2.05) is 29.7 Å². The van der Waals surface area contributed by atoms with Crippen molar-refractivity contribution in [3.63, 3.8) is 0 Å². The van der Waals surface area contributed by atoms with E-state index in [0.29, 0.717) is 21.5 Å². The number of rotatable bonds is 1. The summed E-state index contributed by atoms with van der Waals surface area (Å²) in [4.78, 5) is 4.45. The standard InChI is InChI=1S/C14H11BrFN3/c1-8-2-5-12-18-13(14(17)19(12)7-8)9-3-4-10(15)11(16)6-9/h2-7H,17H2,1H3. The molecule has 0 aliphatic carbocycles. The van der Waals surface area contributed by atoms with Gasteiger partial charge in [0.05, 0.1) is 4.47 Å². The summed E-state index contributed by atoms with van der Waals surface area (Å²) in [6, 6.07) is 8.73. The molecular weight excluding hydrogens is 309 g/mol. The highest BCUT2D eigenvalue weighted by Crippen LogP contribution is 2.29.